The Kier molecular flexibility index (Phi) is 5.08. The van der Waals surface area contributed by atoms with E-state index in [1.807, 2.05) is 0 Å². The molecule has 0 amide bonds. The molecule has 0 aliphatic carbocycles. The number of aromatic nitrogens is 2. The lowest BCUT2D eigenvalue weighted by atomic mass is 10.2. The fourth-order valence-electron chi connectivity index (χ4n) is 1.37. The molecule has 5 heteroatoms. The largest absolute Gasteiger partial charge is 0.387 e. The fraction of sp³-hybridized carbons (Fsp3) is 0.700. The number of nitrogens with zero attached hydrogens (tertiary/aromatic N) is 2. The fourth-order valence-corrected chi connectivity index (χ4v) is 1.67. The normalized spacial score (nSPS) is 13.1. The Hall–Kier alpha value is -0.580. The Balaban J connectivity index is 2.43. The predicted molar refractivity (Wildman–Crippen MR) is 58.9 cm³/mol. The van der Waals surface area contributed by atoms with Crippen molar-refractivity contribution in [2.75, 3.05) is 13.2 Å². The maximum absolute atomic E-state index is 9.85. The first kappa shape index (κ1) is 12.5. The van der Waals surface area contributed by atoms with Gasteiger partial charge in [0.2, 0.25) is 0 Å². The summed E-state index contributed by atoms with van der Waals surface area (Å²) in [7, 11) is 1.76. The molecule has 1 atom stereocenters. The first-order chi connectivity index (χ1) is 7.16. The molecule has 0 bridgehead atoms. The second kappa shape index (κ2) is 6.10. The molecule has 86 valence electrons. The van der Waals surface area contributed by atoms with E-state index in [0.29, 0.717) is 23.7 Å². The summed E-state index contributed by atoms with van der Waals surface area (Å²) in [5, 5.41) is 14.3. The Morgan fingerprint density at radius 2 is 2.33 bits per heavy atom. The standard InChI is InChI=1S/C10H17ClN2O2/c1-3-5-15-6-4-9(14)10-8(11)7-12-13(10)2/h7,9,14H,3-6H2,1-2H3. The van der Waals surface area contributed by atoms with Crippen molar-refractivity contribution in [2.45, 2.75) is 25.9 Å². The molecule has 1 aromatic heterocycles. The van der Waals surface area contributed by atoms with Gasteiger partial charge in [0.1, 0.15) is 0 Å². The Morgan fingerprint density at radius 1 is 1.60 bits per heavy atom. The molecule has 4 nitrogen and oxygen atoms in total. The highest BCUT2D eigenvalue weighted by atomic mass is 35.5. The third-order valence-electron chi connectivity index (χ3n) is 2.14. The van der Waals surface area contributed by atoms with Crippen LogP contribution in [0.3, 0.4) is 0 Å². The van der Waals surface area contributed by atoms with E-state index in [-0.39, 0.29) is 0 Å². The zero-order valence-corrected chi connectivity index (χ0v) is 9.87. The van der Waals surface area contributed by atoms with Crippen LogP contribution in [0.25, 0.3) is 0 Å². The van der Waals surface area contributed by atoms with Crippen molar-refractivity contribution < 1.29 is 9.84 Å². The highest BCUT2D eigenvalue weighted by Crippen LogP contribution is 2.24. The number of ether oxygens (including phenoxy) is 1. The molecular formula is C10H17ClN2O2. The number of hydrogen-bond acceptors (Lipinski definition) is 3. The SMILES string of the molecule is CCCOCCC(O)c1c(Cl)cnn1C. The second-order valence-electron chi connectivity index (χ2n) is 3.42. The van der Waals surface area contributed by atoms with Crippen LogP contribution in [0.5, 0.6) is 0 Å². The van der Waals surface area contributed by atoms with Gasteiger partial charge in [-0.1, -0.05) is 18.5 Å². The molecule has 1 N–H and O–H groups in total. The minimum absolute atomic E-state index is 0.500. The van der Waals surface area contributed by atoms with Gasteiger partial charge in [0.25, 0.3) is 0 Å². The summed E-state index contributed by atoms with van der Waals surface area (Å²) in [6.45, 7) is 3.32. The lowest BCUT2D eigenvalue weighted by molar-refractivity contribution is 0.0787. The third kappa shape index (κ3) is 3.48. The van der Waals surface area contributed by atoms with Gasteiger partial charge in [-0.25, -0.2) is 0 Å². The van der Waals surface area contributed by atoms with Gasteiger partial charge in [-0.3, -0.25) is 4.68 Å². The summed E-state index contributed by atoms with van der Waals surface area (Å²) >= 11 is 5.90. The molecule has 15 heavy (non-hydrogen) atoms. The summed E-state index contributed by atoms with van der Waals surface area (Å²) in [5.74, 6) is 0. The Labute approximate surface area is 94.8 Å². The van der Waals surface area contributed by atoms with Crippen LogP contribution in [-0.2, 0) is 11.8 Å². The molecule has 0 aliphatic heterocycles. The lowest BCUT2D eigenvalue weighted by Crippen LogP contribution is -2.09. The first-order valence-electron chi connectivity index (χ1n) is 5.10. The van der Waals surface area contributed by atoms with Gasteiger partial charge in [0.15, 0.2) is 0 Å². The predicted octanol–water partition coefficient (Wildman–Crippen LogP) is 1.92. The van der Waals surface area contributed by atoms with Crippen molar-refractivity contribution in [3.63, 3.8) is 0 Å². The van der Waals surface area contributed by atoms with E-state index in [2.05, 4.69) is 12.0 Å². The number of halogens is 1. The number of aliphatic hydroxyl groups excluding tert-OH is 1. The molecule has 0 aliphatic rings. The van der Waals surface area contributed by atoms with E-state index in [1.54, 1.807) is 11.7 Å². The van der Waals surface area contributed by atoms with Gasteiger partial charge < -0.3 is 9.84 Å². The van der Waals surface area contributed by atoms with E-state index in [9.17, 15) is 5.11 Å². The van der Waals surface area contributed by atoms with Gasteiger partial charge in [-0.2, -0.15) is 5.10 Å². The Bertz CT molecular complexity index is 282. The highest BCUT2D eigenvalue weighted by Gasteiger charge is 2.15. The van der Waals surface area contributed by atoms with Crippen molar-refractivity contribution >= 4 is 11.6 Å². The van der Waals surface area contributed by atoms with Gasteiger partial charge in [0, 0.05) is 26.7 Å². The van der Waals surface area contributed by atoms with Gasteiger partial charge >= 0.3 is 0 Å². The average molecular weight is 233 g/mol. The smallest absolute Gasteiger partial charge is 0.0993 e. The zero-order valence-electron chi connectivity index (χ0n) is 9.11. The lowest BCUT2D eigenvalue weighted by Gasteiger charge is -2.11. The van der Waals surface area contributed by atoms with Crippen LogP contribution in [0.1, 0.15) is 31.6 Å². The topological polar surface area (TPSA) is 47.3 Å². The van der Waals surface area contributed by atoms with Crippen LogP contribution in [-0.4, -0.2) is 28.1 Å². The quantitative estimate of drug-likeness (QED) is 0.763. The maximum atomic E-state index is 9.85. The highest BCUT2D eigenvalue weighted by molar-refractivity contribution is 6.31. The van der Waals surface area contributed by atoms with Crippen molar-refractivity contribution in [1.29, 1.82) is 0 Å². The van der Waals surface area contributed by atoms with Crippen molar-refractivity contribution in [3.8, 4) is 0 Å². The van der Waals surface area contributed by atoms with Crippen LogP contribution in [0, 0.1) is 0 Å². The Morgan fingerprint density at radius 3 is 2.87 bits per heavy atom. The summed E-state index contributed by atoms with van der Waals surface area (Å²) in [6, 6.07) is 0. The van der Waals surface area contributed by atoms with Gasteiger partial charge in [0.05, 0.1) is 23.0 Å². The molecule has 0 saturated heterocycles. The molecule has 0 aromatic carbocycles. The van der Waals surface area contributed by atoms with Gasteiger partial charge in [-0.15, -0.1) is 0 Å². The number of aliphatic hydroxyl groups is 1. The second-order valence-corrected chi connectivity index (χ2v) is 3.83. The molecule has 0 fully saturated rings. The van der Waals surface area contributed by atoms with Crippen molar-refractivity contribution in [2.24, 2.45) is 7.05 Å². The van der Waals surface area contributed by atoms with Crippen molar-refractivity contribution in [3.05, 3.63) is 16.9 Å². The molecular weight excluding hydrogens is 216 g/mol. The van der Waals surface area contributed by atoms with E-state index in [0.717, 1.165) is 13.0 Å². The van der Waals surface area contributed by atoms with E-state index in [4.69, 9.17) is 16.3 Å². The monoisotopic (exact) mass is 232 g/mol. The minimum atomic E-state index is -0.609. The minimum Gasteiger partial charge on any atom is -0.387 e. The van der Waals surface area contributed by atoms with Crippen LogP contribution in [0.4, 0.5) is 0 Å². The molecule has 1 heterocycles. The van der Waals surface area contributed by atoms with Crippen molar-refractivity contribution in [1.82, 2.24) is 9.78 Å². The summed E-state index contributed by atoms with van der Waals surface area (Å²) in [5.41, 5.74) is 0.650. The van der Waals surface area contributed by atoms with Crippen LogP contribution in [0.15, 0.2) is 6.20 Å². The summed E-state index contributed by atoms with van der Waals surface area (Å²) in [4.78, 5) is 0. The summed E-state index contributed by atoms with van der Waals surface area (Å²) < 4.78 is 6.89. The number of rotatable bonds is 6. The van der Waals surface area contributed by atoms with Crippen LogP contribution >= 0.6 is 11.6 Å². The van der Waals surface area contributed by atoms with E-state index in [1.165, 1.54) is 6.20 Å². The molecule has 1 aromatic rings. The molecule has 0 spiro atoms. The zero-order chi connectivity index (χ0) is 11.3. The van der Waals surface area contributed by atoms with E-state index >= 15 is 0 Å². The van der Waals surface area contributed by atoms with Crippen LogP contribution < -0.4 is 0 Å². The molecule has 0 saturated carbocycles. The van der Waals surface area contributed by atoms with Crippen LogP contribution in [0.2, 0.25) is 5.02 Å². The molecule has 1 rings (SSSR count). The van der Waals surface area contributed by atoms with Gasteiger partial charge in [-0.05, 0) is 6.42 Å². The maximum Gasteiger partial charge on any atom is 0.0993 e. The number of aryl methyl sites for hydroxylation is 1. The number of hydrogen-bond donors (Lipinski definition) is 1. The van der Waals surface area contributed by atoms with E-state index < -0.39 is 6.10 Å². The molecule has 1 unspecified atom stereocenters. The first-order valence-corrected chi connectivity index (χ1v) is 5.47. The third-order valence-corrected chi connectivity index (χ3v) is 2.43. The summed E-state index contributed by atoms with van der Waals surface area (Å²) in [6.07, 6.45) is 2.45. The molecule has 0 radical (unpaired) electrons. The average Bonchev–Trinajstić information content (AvgIpc) is 2.53.